The van der Waals surface area contributed by atoms with Gasteiger partial charge in [-0.25, -0.2) is 17.9 Å². The highest BCUT2D eigenvalue weighted by Crippen LogP contribution is 2.33. The summed E-state index contributed by atoms with van der Waals surface area (Å²) in [6.07, 6.45) is 8.19. The van der Waals surface area contributed by atoms with E-state index >= 15 is 0 Å². The lowest BCUT2D eigenvalue weighted by molar-refractivity contribution is 0.0717. The second kappa shape index (κ2) is 7.88. The molecule has 8 nitrogen and oxygen atoms in total. The van der Waals surface area contributed by atoms with Crippen molar-refractivity contribution >= 4 is 21.5 Å². The van der Waals surface area contributed by atoms with Gasteiger partial charge in [-0.15, -0.1) is 6.42 Å². The molecule has 0 atom stereocenters. The lowest BCUT2D eigenvalue weighted by Crippen LogP contribution is -2.24. The molecule has 0 spiro atoms. The van der Waals surface area contributed by atoms with Crippen molar-refractivity contribution in [3.63, 3.8) is 0 Å². The van der Waals surface area contributed by atoms with Gasteiger partial charge < -0.3 is 4.74 Å². The number of nitrogens with zero attached hydrogens (tertiary/aromatic N) is 2. The fourth-order valence-electron chi connectivity index (χ4n) is 2.93. The van der Waals surface area contributed by atoms with Crippen molar-refractivity contribution in [2.24, 2.45) is 0 Å². The Morgan fingerprint density at radius 2 is 2.18 bits per heavy atom. The minimum atomic E-state index is -3.51. The smallest absolute Gasteiger partial charge is 0.345 e. The van der Waals surface area contributed by atoms with E-state index in [-0.39, 0.29) is 22.8 Å². The molecule has 0 fully saturated rings. The number of aryl methyl sites for hydroxylation is 1. The summed E-state index contributed by atoms with van der Waals surface area (Å²) in [5.74, 6) is 1.83. The van der Waals surface area contributed by atoms with Crippen LogP contribution in [0.5, 0.6) is 5.88 Å². The molecule has 0 bridgehead atoms. The number of aromatic nitrogens is 2. The van der Waals surface area contributed by atoms with E-state index in [1.807, 2.05) is 6.92 Å². The Bertz CT molecular complexity index is 1090. The van der Waals surface area contributed by atoms with Crippen LogP contribution < -0.4 is 10.2 Å². The van der Waals surface area contributed by atoms with Gasteiger partial charge >= 0.3 is 5.97 Å². The summed E-state index contributed by atoms with van der Waals surface area (Å²) in [6, 6.07) is 4.44. The van der Waals surface area contributed by atoms with Gasteiger partial charge in [0, 0.05) is 18.2 Å². The van der Waals surface area contributed by atoms with E-state index in [1.165, 1.54) is 29.1 Å². The van der Waals surface area contributed by atoms with Crippen LogP contribution in [0.25, 0.3) is 5.70 Å². The quantitative estimate of drug-likeness (QED) is 0.340. The molecule has 2 heterocycles. The highest BCUT2D eigenvalue weighted by atomic mass is 32.2. The first kappa shape index (κ1) is 19.7. The molecule has 0 aliphatic carbocycles. The molecule has 1 aromatic carbocycles. The van der Waals surface area contributed by atoms with Crippen LogP contribution in [-0.2, 0) is 21.2 Å². The van der Waals surface area contributed by atoms with Crippen molar-refractivity contribution in [1.82, 2.24) is 15.3 Å². The van der Waals surface area contributed by atoms with Crippen LogP contribution in [-0.4, -0.2) is 36.5 Å². The number of terminal acetylenes is 1. The zero-order valence-electron chi connectivity index (χ0n) is 15.4. The first-order chi connectivity index (χ1) is 13.4. The van der Waals surface area contributed by atoms with Gasteiger partial charge in [-0.1, -0.05) is 5.92 Å². The van der Waals surface area contributed by atoms with E-state index in [1.54, 1.807) is 13.0 Å². The van der Waals surface area contributed by atoms with E-state index in [9.17, 15) is 13.2 Å². The van der Waals surface area contributed by atoms with Crippen molar-refractivity contribution in [2.45, 2.75) is 25.3 Å². The minimum absolute atomic E-state index is 0.00120. The minimum Gasteiger partial charge on any atom is -0.404 e. The van der Waals surface area contributed by atoms with Crippen molar-refractivity contribution < 1.29 is 22.8 Å². The number of hydroxylamine groups is 1. The monoisotopic (exact) mass is 401 g/mol. The molecule has 28 heavy (non-hydrogen) atoms. The maximum Gasteiger partial charge on any atom is 0.345 e. The fraction of sp³-hybridized carbons (Fsp3) is 0.263. The second-order valence-corrected chi connectivity index (χ2v) is 7.98. The zero-order chi connectivity index (χ0) is 20.3. The zero-order valence-corrected chi connectivity index (χ0v) is 16.2. The average molecular weight is 401 g/mol. The Kier molecular flexibility index (Phi) is 5.53. The number of hydrogen-bond acceptors (Lipinski definition) is 7. The third-order valence-electron chi connectivity index (χ3n) is 4.27. The molecule has 1 N–H and O–H groups in total. The first-order valence-electron chi connectivity index (χ1n) is 8.51. The number of sulfone groups is 1. The van der Waals surface area contributed by atoms with E-state index in [0.717, 1.165) is 0 Å². The summed E-state index contributed by atoms with van der Waals surface area (Å²) < 4.78 is 31.9. The molecular weight excluding hydrogens is 382 g/mol. The summed E-state index contributed by atoms with van der Waals surface area (Å²) in [5, 5.41) is 4.06. The molecule has 3 rings (SSSR count). The number of fused-ring (bicyclic) bond motifs is 1. The molecule has 0 amide bonds. The highest BCUT2D eigenvalue weighted by Gasteiger charge is 2.29. The Morgan fingerprint density at radius 3 is 2.89 bits per heavy atom. The molecule has 0 radical (unpaired) electrons. The summed E-state index contributed by atoms with van der Waals surface area (Å²) in [6.45, 7) is 4.07. The van der Waals surface area contributed by atoms with Crippen molar-refractivity contribution in [3.05, 3.63) is 47.2 Å². The number of ether oxygens (including phenoxy) is 1. The van der Waals surface area contributed by atoms with Gasteiger partial charge in [0.15, 0.2) is 9.84 Å². The molecule has 0 unspecified atom stereocenters. The average Bonchev–Trinajstić information content (AvgIpc) is 3.11. The lowest BCUT2D eigenvalue weighted by Gasteiger charge is -2.22. The molecular formula is C19H19N3O5S. The van der Waals surface area contributed by atoms with Gasteiger partial charge in [0.25, 0.3) is 0 Å². The van der Waals surface area contributed by atoms with Gasteiger partial charge in [-0.2, -0.15) is 5.10 Å². The van der Waals surface area contributed by atoms with Crippen LogP contribution >= 0.6 is 0 Å². The van der Waals surface area contributed by atoms with Gasteiger partial charge in [-0.3, -0.25) is 10.3 Å². The van der Waals surface area contributed by atoms with Gasteiger partial charge in [0.05, 0.1) is 28.1 Å². The van der Waals surface area contributed by atoms with Crippen molar-refractivity contribution in [2.75, 3.05) is 12.4 Å². The molecule has 1 aromatic heterocycles. The normalized spacial score (nSPS) is 14.5. The lowest BCUT2D eigenvalue weighted by atomic mass is 9.99. The highest BCUT2D eigenvalue weighted by molar-refractivity contribution is 7.91. The SMILES string of the molecule is C#CCONC1=CCS(=O)(=O)c2ccc(C(=O)Oc3ccnn3CC)c(C)c21. The van der Waals surface area contributed by atoms with E-state index in [2.05, 4.69) is 16.5 Å². The maximum absolute atomic E-state index is 12.7. The van der Waals surface area contributed by atoms with Crippen LogP contribution in [0.4, 0.5) is 0 Å². The standard InChI is InChI=1S/C19H19N3O5S/c1-4-11-26-21-15-9-12-28(24,25)16-7-6-14(13(3)18(15)16)19(23)27-17-8-10-20-22(17)5-2/h1,6-10,21H,5,11-12H2,2-3H3. The molecule has 0 saturated heterocycles. The summed E-state index contributed by atoms with van der Waals surface area (Å²) in [7, 11) is -3.51. The van der Waals surface area contributed by atoms with Crippen LogP contribution in [0.2, 0.25) is 0 Å². The van der Waals surface area contributed by atoms with Gasteiger partial charge in [0.2, 0.25) is 5.88 Å². The number of esters is 1. The van der Waals surface area contributed by atoms with Crippen LogP contribution in [0.3, 0.4) is 0 Å². The maximum atomic E-state index is 12.7. The van der Waals surface area contributed by atoms with E-state index < -0.39 is 15.8 Å². The first-order valence-corrected chi connectivity index (χ1v) is 10.2. The summed E-state index contributed by atoms with van der Waals surface area (Å²) >= 11 is 0. The van der Waals surface area contributed by atoms with Crippen molar-refractivity contribution in [1.29, 1.82) is 0 Å². The largest absolute Gasteiger partial charge is 0.404 e. The van der Waals surface area contributed by atoms with Crippen molar-refractivity contribution in [3.8, 4) is 18.2 Å². The molecule has 146 valence electrons. The summed E-state index contributed by atoms with van der Waals surface area (Å²) in [5.41, 5.74) is 4.17. The summed E-state index contributed by atoms with van der Waals surface area (Å²) in [4.78, 5) is 18.0. The Balaban J connectivity index is 2.00. The van der Waals surface area contributed by atoms with E-state index in [4.69, 9.17) is 16.0 Å². The molecule has 1 aliphatic heterocycles. The molecule has 9 heteroatoms. The molecule has 2 aromatic rings. The number of rotatable bonds is 6. The third kappa shape index (κ3) is 3.65. The molecule has 1 aliphatic rings. The predicted octanol–water partition coefficient (Wildman–Crippen LogP) is 1.71. The third-order valence-corrected chi connectivity index (χ3v) is 5.89. The number of carbonyl (C=O) groups excluding carboxylic acids is 1. The van der Waals surface area contributed by atoms with Gasteiger partial charge in [0.1, 0.15) is 6.61 Å². The predicted molar refractivity (Wildman–Crippen MR) is 102 cm³/mol. The second-order valence-electron chi connectivity index (χ2n) is 5.98. The number of benzene rings is 1. The van der Waals surface area contributed by atoms with Crippen LogP contribution in [0, 0.1) is 19.3 Å². The van der Waals surface area contributed by atoms with E-state index in [0.29, 0.717) is 29.2 Å². The Morgan fingerprint density at radius 1 is 1.39 bits per heavy atom. The topological polar surface area (TPSA) is 99.5 Å². The van der Waals surface area contributed by atoms with Gasteiger partial charge in [-0.05, 0) is 37.6 Å². The van der Waals surface area contributed by atoms with Crippen LogP contribution in [0.15, 0.2) is 35.4 Å². The number of carbonyl (C=O) groups is 1. The number of hydrogen-bond donors (Lipinski definition) is 1. The Hall–Kier alpha value is -3.09. The molecule has 0 saturated carbocycles. The Labute approximate surface area is 163 Å². The van der Waals surface area contributed by atoms with Crippen LogP contribution in [0.1, 0.15) is 28.4 Å². The number of nitrogens with one attached hydrogen (secondary N) is 1. The fourth-order valence-corrected chi connectivity index (χ4v) is 4.34.